The van der Waals surface area contributed by atoms with Crippen molar-refractivity contribution in [1.29, 1.82) is 0 Å². The number of rotatable bonds is 5. The second-order valence-corrected chi connectivity index (χ2v) is 7.71. The number of aromatic nitrogens is 1. The van der Waals surface area contributed by atoms with Crippen molar-refractivity contribution in [1.82, 2.24) is 4.98 Å². The van der Waals surface area contributed by atoms with E-state index in [0.717, 1.165) is 16.5 Å². The third-order valence-electron chi connectivity index (χ3n) is 5.19. The second kappa shape index (κ2) is 7.70. The van der Waals surface area contributed by atoms with Gasteiger partial charge in [-0.1, -0.05) is 13.8 Å². The average molecular weight is 395 g/mol. The first-order valence-electron chi connectivity index (χ1n) is 9.54. The number of aryl methyl sites for hydroxylation is 2. The summed E-state index contributed by atoms with van der Waals surface area (Å²) in [6.45, 7) is 11.0. The Morgan fingerprint density at radius 1 is 1.14 bits per heavy atom. The quantitative estimate of drug-likeness (QED) is 0.383. The van der Waals surface area contributed by atoms with Crippen LogP contribution in [0.2, 0.25) is 0 Å². The molecule has 29 heavy (non-hydrogen) atoms. The number of H-pyrrole nitrogens is 1. The van der Waals surface area contributed by atoms with Crippen LogP contribution in [0.1, 0.15) is 75.5 Å². The minimum absolute atomic E-state index is 0.0750. The Morgan fingerprint density at radius 3 is 2.41 bits per heavy atom. The zero-order valence-corrected chi connectivity index (χ0v) is 17.6. The van der Waals surface area contributed by atoms with E-state index >= 15 is 0 Å². The molecule has 0 aliphatic rings. The van der Waals surface area contributed by atoms with Crippen LogP contribution in [-0.2, 0) is 11.3 Å². The SMILES string of the molecule is CC(=O)c1c(C)[nH]c(C(=O)OCc2cc(=O)oc3cc(C)c(C(C)C)cc23)c1C. The normalized spacial score (nSPS) is 11.3. The highest BCUT2D eigenvalue weighted by Crippen LogP contribution is 2.27. The van der Waals surface area contributed by atoms with E-state index < -0.39 is 11.6 Å². The maximum atomic E-state index is 12.6. The van der Waals surface area contributed by atoms with E-state index in [9.17, 15) is 14.4 Å². The van der Waals surface area contributed by atoms with Crippen molar-refractivity contribution < 1.29 is 18.7 Å². The van der Waals surface area contributed by atoms with Gasteiger partial charge in [0.2, 0.25) is 0 Å². The first-order valence-corrected chi connectivity index (χ1v) is 9.54. The Balaban J connectivity index is 1.96. The maximum Gasteiger partial charge on any atom is 0.355 e. The van der Waals surface area contributed by atoms with Gasteiger partial charge in [0.05, 0.1) is 0 Å². The Morgan fingerprint density at radius 2 is 1.83 bits per heavy atom. The van der Waals surface area contributed by atoms with Crippen molar-refractivity contribution in [2.75, 3.05) is 0 Å². The van der Waals surface area contributed by atoms with Crippen LogP contribution in [0, 0.1) is 20.8 Å². The van der Waals surface area contributed by atoms with Gasteiger partial charge in [-0.3, -0.25) is 4.79 Å². The predicted molar refractivity (Wildman–Crippen MR) is 111 cm³/mol. The van der Waals surface area contributed by atoms with E-state index in [0.29, 0.717) is 33.9 Å². The number of esters is 1. The van der Waals surface area contributed by atoms with Crippen LogP contribution in [0.3, 0.4) is 0 Å². The van der Waals surface area contributed by atoms with Crippen LogP contribution < -0.4 is 5.63 Å². The Bertz CT molecular complexity index is 1180. The summed E-state index contributed by atoms with van der Waals surface area (Å²) in [7, 11) is 0. The molecule has 2 aromatic heterocycles. The van der Waals surface area contributed by atoms with Gasteiger partial charge in [0.1, 0.15) is 17.9 Å². The Kier molecular flexibility index (Phi) is 5.46. The Hall–Kier alpha value is -3.15. The lowest BCUT2D eigenvalue weighted by atomic mass is 9.95. The molecule has 0 radical (unpaired) electrons. The largest absolute Gasteiger partial charge is 0.456 e. The molecule has 0 atom stereocenters. The summed E-state index contributed by atoms with van der Waals surface area (Å²) in [5, 5.41) is 0.746. The molecule has 0 unspecified atom stereocenters. The monoisotopic (exact) mass is 395 g/mol. The summed E-state index contributed by atoms with van der Waals surface area (Å²) < 4.78 is 10.8. The first-order chi connectivity index (χ1) is 13.6. The summed E-state index contributed by atoms with van der Waals surface area (Å²) >= 11 is 0. The van der Waals surface area contributed by atoms with E-state index in [1.807, 2.05) is 19.1 Å². The number of nitrogens with one attached hydrogen (secondary N) is 1. The number of aromatic amines is 1. The number of benzene rings is 1. The van der Waals surface area contributed by atoms with Gasteiger partial charge < -0.3 is 14.1 Å². The maximum absolute atomic E-state index is 12.6. The second-order valence-electron chi connectivity index (χ2n) is 7.71. The molecular formula is C23H25NO5. The number of hydrogen-bond donors (Lipinski definition) is 1. The topological polar surface area (TPSA) is 89.4 Å². The first kappa shape index (κ1) is 20.6. The van der Waals surface area contributed by atoms with Crippen LogP contribution in [0.25, 0.3) is 11.0 Å². The molecular weight excluding hydrogens is 370 g/mol. The molecule has 2 heterocycles. The number of carbonyl (C=O) groups is 2. The van der Waals surface area contributed by atoms with E-state index in [4.69, 9.17) is 9.15 Å². The summed E-state index contributed by atoms with van der Waals surface area (Å²) in [6.07, 6.45) is 0. The number of ether oxygens (including phenoxy) is 1. The van der Waals surface area contributed by atoms with Crippen LogP contribution in [0.4, 0.5) is 0 Å². The van der Waals surface area contributed by atoms with E-state index in [1.165, 1.54) is 13.0 Å². The molecule has 0 aliphatic heterocycles. The van der Waals surface area contributed by atoms with Gasteiger partial charge in [-0.2, -0.15) is 0 Å². The molecule has 0 amide bonds. The van der Waals surface area contributed by atoms with Gasteiger partial charge in [-0.05, 0) is 62.4 Å². The summed E-state index contributed by atoms with van der Waals surface area (Å²) in [6, 6.07) is 5.18. The fourth-order valence-corrected chi connectivity index (χ4v) is 3.83. The predicted octanol–water partition coefficient (Wildman–Crippen LogP) is 4.73. The van der Waals surface area contributed by atoms with Crippen molar-refractivity contribution in [2.24, 2.45) is 0 Å². The fourth-order valence-electron chi connectivity index (χ4n) is 3.83. The molecule has 3 aromatic rings. The van der Waals surface area contributed by atoms with E-state index in [1.54, 1.807) is 13.8 Å². The minimum Gasteiger partial charge on any atom is -0.456 e. The van der Waals surface area contributed by atoms with Gasteiger partial charge >= 0.3 is 11.6 Å². The van der Waals surface area contributed by atoms with Crippen LogP contribution in [0.5, 0.6) is 0 Å². The highest BCUT2D eigenvalue weighted by molar-refractivity contribution is 6.01. The number of fused-ring (bicyclic) bond motifs is 1. The minimum atomic E-state index is -0.573. The van der Waals surface area contributed by atoms with Crippen molar-refractivity contribution in [2.45, 2.75) is 54.1 Å². The molecule has 6 nitrogen and oxygen atoms in total. The fraction of sp³-hybridized carbons (Fsp3) is 0.348. The van der Waals surface area contributed by atoms with Crippen molar-refractivity contribution in [3.05, 3.63) is 67.8 Å². The number of Topliss-reactive ketones (excluding diaryl/α,β-unsaturated/α-hetero) is 1. The molecule has 1 aromatic carbocycles. The molecule has 3 rings (SSSR count). The number of ketones is 1. The van der Waals surface area contributed by atoms with E-state index in [2.05, 4.69) is 18.8 Å². The van der Waals surface area contributed by atoms with E-state index in [-0.39, 0.29) is 18.1 Å². The van der Waals surface area contributed by atoms with Gasteiger partial charge in [-0.25, -0.2) is 9.59 Å². The third kappa shape index (κ3) is 3.88. The number of carbonyl (C=O) groups excluding carboxylic acids is 2. The molecule has 0 saturated heterocycles. The van der Waals surface area contributed by atoms with Gasteiger partial charge in [0, 0.05) is 28.3 Å². The smallest absolute Gasteiger partial charge is 0.355 e. The molecule has 6 heteroatoms. The van der Waals surface area contributed by atoms with Crippen molar-refractivity contribution >= 4 is 22.7 Å². The summed E-state index contributed by atoms with van der Waals surface area (Å²) in [5.74, 6) is -0.384. The standard InChI is InChI=1S/C23H25NO5/c1-11(2)17-9-18-16(8-20(26)29-19(18)7-12(17)3)10-28-23(27)22-13(4)21(15(6)25)14(5)24-22/h7-9,11,24H,10H2,1-6H3. The van der Waals surface area contributed by atoms with Gasteiger partial charge in [-0.15, -0.1) is 0 Å². The third-order valence-corrected chi connectivity index (χ3v) is 5.19. The Labute approximate surface area is 168 Å². The molecule has 0 spiro atoms. The zero-order chi connectivity index (χ0) is 21.5. The van der Waals surface area contributed by atoms with Crippen molar-refractivity contribution in [3.63, 3.8) is 0 Å². The summed E-state index contributed by atoms with van der Waals surface area (Å²) in [5.41, 5.74) is 4.68. The lowest BCUT2D eigenvalue weighted by Gasteiger charge is -2.13. The van der Waals surface area contributed by atoms with Crippen LogP contribution in [0.15, 0.2) is 27.4 Å². The average Bonchev–Trinajstić information content (AvgIpc) is 2.92. The molecule has 1 N–H and O–H groups in total. The lowest BCUT2D eigenvalue weighted by molar-refractivity contribution is 0.0466. The molecule has 0 bridgehead atoms. The van der Waals surface area contributed by atoms with Crippen LogP contribution in [-0.4, -0.2) is 16.7 Å². The lowest BCUT2D eigenvalue weighted by Crippen LogP contribution is -2.10. The molecule has 152 valence electrons. The highest BCUT2D eigenvalue weighted by Gasteiger charge is 2.21. The van der Waals surface area contributed by atoms with Gasteiger partial charge in [0.25, 0.3) is 0 Å². The molecule has 0 fully saturated rings. The van der Waals surface area contributed by atoms with Gasteiger partial charge in [0.15, 0.2) is 5.78 Å². The zero-order valence-electron chi connectivity index (χ0n) is 17.6. The van der Waals surface area contributed by atoms with Crippen molar-refractivity contribution in [3.8, 4) is 0 Å². The summed E-state index contributed by atoms with van der Waals surface area (Å²) in [4.78, 5) is 39.3. The molecule has 0 saturated carbocycles. The number of hydrogen-bond acceptors (Lipinski definition) is 5. The highest BCUT2D eigenvalue weighted by atomic mass is 16.5. The van der Waals surface area contributed by atoms with Crippen LogP contribution >= 0.6 is 0 Å². The molecule has 0 aliphatic carbocycles.